The second kappa shape index (κ2) is 8.25. The zero-order valence-corrected chi connectivity index (χ0v) is 17.7. The number of nitrogens with one attached hydrogen (secondary N) is 1. The Bertz CT molecular complexity index is 1290. The number of nitrogens with zero attached hydrogens (tertiary/aromatic N) is 1. The number of amides is 1. The lowest BCUT2D eigenvalue weighted by Gasteiger charge is -2.07. The summed E-state index contributed by atoms with van der Waals surface area (Å²) < 4.78 is 29.4. The van der Waals surface area contributed by atoms with E-state index in [1.54, 1.807) is 36.5 Å². The SMILES string of the molecule is CS(=O)(=O)c1ccc(CNC(=O)c2ccccc2-c2ncc(-c3ccccc3)o2)s1. The van der Waals surface area contributed by atoms with E-state index in [1.807, 2.05) is 36.4 Å². The van der Waals surface area contributed by atoms with E-state index in [9.17, 15) is 13.2 Å². The Kier molecular flexibility index (Phi) is 5.52. The average molecular weight is 439 g/mol. The number of sulfone groups is 1. The first-order chi connectivity index (χ1) is 14.4. The standard InChI is InChI=1S/C22H18N2O4S2/c1-30(26,27)20-12-11-16(29-20)13-23-21(25)17-9-5-6-10-18(17)22-24-14-19(28-22)15-7-3-2-4-8-15/h2-12,14H,13H2,1H3,(H,23,25). The lowest BCUT2D eigenvalue weighted by molar-refractivity contribution is 0.0951. The first-order valence-corrected chi connectivity index (χ1v) is 11.8. The quantitative estimate of drug-likeness (QED) is 0.482. The fourth-order valence-electron chi connectivity index (χ4n) is 2.92. The monoisotopic (exact) mass is 438 g/mol. The summed E-state index contributed by atoms with van der Waals surface area (Å²) in [5.41, 5.74) is 1.91. The van der Waals surface area contributed by atoms with Crippen LogP contribution in [0.2, 0.25) is 0 Å². The minimum absolute atomic E-state index is 0.230. The van der Waals surface area contributed by atoms with Gasteiger partial charge in [0.1, 0.15) is 4.21 Å². The van der Waals surface area contributed by atoms with Crippen LogP contribution in [0.15, 0.2) is 81.6 Å². The molecule has 8 heteroatoms. The number of carbonyl (C=O) groups is 1. The lowest BCUT2D eigenvalue weighted by Crippen LogP contribution is -2.23. The molecule has 1 amide bonds. The minimum atomic E-state index is -3.25. The van der Waals surface area contributed by atoms with Gasteiger partial charge in [-0.25, -0.2) is 13.4 Å². The molecule has 0 saturated carbocycles. The number of benzene rings is 2. The molecule has 4 rings (SSSR count). The van der Waals surface area contributed by atoms with Crippen LogP contribution < -0.4 is 5.32 Å². The van der Waals surface area contributed by atoms with Gasteiger partial charge in [-0.2, -0.15) is 0 Å². The number of hydrogen-bond acceptors (Lipinski definition) is 6. The summed E-state index contributed by atoms with van der Waals surface area (Å²) >= 11 is 1.14. The van der Waals surface area contributed by atoms with E-state index in [4.69, 9.17) is 4.42 Å². The number of aromatic nitrogens is 1. The molecule has 0 atom stereocenters. The van der Waals surface area contributed by atoms with Crippen LogP contribution >= 0.6 is 11.3 Å². The summed E-state index contributed by atoms with van der Waals surface area (Å²) in [6.07, 6.45) is 2.80. The van der Waals surface area contributed by atoms with Crippen LogP contribution in [0.5, 0.6) is 0 Å². The van der Waals surface area contributed by atoms with E-state index in [0.717, 1.165) is 28.0 Å². The molecule has 0 aliphatic rings. The van der Waals surface area contributed by atoms with Gasteiger partial charge in [0.2, 0.25) is 5.89 Å². The predicted octanol–water partition coefficient (Wildman–Crippen LogP) is 4.40. The highest BCUT2D eigenvalue weighted by Gasteiger charge is 2.17. The molecule has 2 aromatic carbocycles. The summed E-state index contributed by atoms with van der Waals surface area (Å²) in [5.74, 6) is 0.683. The second-order valence-electron chi connectivity index (χ2n) is 6.62. The third kappa shape index (κ3) is 4.34. The van der Waals surface area contributed by atoms with E-state index in [-0.39, 0.29) is 16.7 Å². The summed E-state index contributed by atoms with van der Waals surface area (Å²) in [6.45, 7) is 0.230. The average Bonchev–Trinajstić information content (AvgIpc) is 3.42. The number of hydrogen-bond donors (Lipinski definition) is 1. The Balaban J connectivity index is 1.54. The number of thiophene rings is 1. The fourth-order valence-corrected chi connectivity index (χ4v) is 4.83. The van der Waals surface area contributed by atoms with Crippen molar-refractivity contribution in [2.24, 2.45) is 0 Å². The molecule has 0 unspecified atom stereocenters. The molecule has 0 spiro atoms. The lowest BCUT2D eigenvalue weighted by atomic mass is 10.1. The van der Waals surface area contributed by atoms with Crippen molar-refractivity contribution in [1.82, 2.24) is 10.3 Å². The number of carbonyl (C=O) groups excluding carboxylic acids is 1. The maximum atomic E-state index is 12.8. The zero-order valence-electron chi connectivity index (χ0n) is 16.0. The molecule has 0 bridgehead atoms. The summed E-state index contributed by atoms with van der Waals surface area (Å²) in [5, 5.41) is 2.84. The van der Waals surface area contributed by atoms with Gasteiger partial charge in [0.05, 0.1) is 18.3 Å². The Morgan fingerprint density at radius 1 is 1.03 bits per heavy atom. The van der Waals surface area contributed by atoms with Crippen LogP contribution in [0.3, 0.4) is 0 Å². The molecule has 6 nitrogen and oxygen atoms in total. The summed E-state index contributed by atoms with van der Waals surface area (Å²) in [6, 6.07) is 19.9. The molecule has 4 aromatic rings. The van der Waals surface area contributed by atoms with Crippen molar-refractivity contribution in [2.75, 3.05) is 6.26 Å². The van der Waals surface area contributed by atoms with E-state index in [1.165, 1.54) is 0 Å². The van der Waals surface area contributed by atoms with Gasteiger partial charge in [0.15, 0.2) is 15.6 Å². The molecule has 0 radical (unpaired) electrons. The molecule has 0 aliphatic heterocycles. The van der Waals surface area contributed by atoms with Crippen LogP contribution in [0.4, 0.5) is 0 Å². The van der Waals surface area contributed by atoms with Crippen molar-refractivity contribution in [3.05, 3.63) is 83.4 Å². The number of oxazole rings is 1. The van der Waals surface area contributed by atoms with Crippen molar-refractivity contribution in [3.63, 3.8) is 0 Å². The van der Waals surface area contributed by atoms with Gasteiger partial charge in [0, 0.05) is 22.3 Å². The summed E-state index contributed by atoms with van der Waals surface area (Å²) in [7, 11) is -3.25. The highest BCUT2D eigenvalue weighted by Crippen LogP contribution is 2.28. The molecule has 152 valence electrons. The molecule has 0 fully saturated rings. The number of rotatable bonds is 6. The first-order valence-electron chi connectivity index (χ1n) is 9.09. The first kappa shape index (κ1) is 20.1. The maximum absolute atomic E-state index is 12.8. The Hall–Kier alpha value is -3.23. The molecule has 0 saturated heterocycles. The fraction of sp³-hybridized carbons (Fsp3) is 0.0909. The normalized spacial score (nSPS) is 11.4. The Labute approximate surface area is 178 Å². The molecule has 30 heavy (non-hydrogen) atoms. The smallest absolute Gasteiger partial charge is 0.252 e. The highest BCUT2D eigenvalue weighted by molar-refractivity contribution is 7.92. The molecular weight excluding hydrogens is 420 g/mol. The van der Waals surface area contributed by atoms with Gasteiger partial charge >= 0.3 is 0 Å². The van der Waals surface area contributed by atoms with Crippen molar-refractivity contribution in [3.8, 4) is 22.8 Å². The molecule has 0 aliphatic carbocycles. The van der Waals surface area contributed by atoms with E-state index in [2.05, 4.69) is 10.3 Å². The Morgan fingerprint density at radius 3 is 2.50 bits per heavy atom. The third-order valence-electron chi connectivity index (χ3n) is 4.39. The zero-order chi connectivity index (χ0) is 21.1. The minimum Gasteiger partial charge on any atom is -0.436 e. The van der Waals surface area contributed by atoms with Gasteiger partial charge in [0.25, 0.3) is 5.91 Å². The van der Waals surface area contributed by atoms with Gasteiger partial charge in [-0.05, 0) is 24.3 Å². The molecular formula is C22H18N2O4S2. The molecule has 2 aromatic heterocycles. The van der Waals surface area contributed by atoms with Gasteiger partial charge in [-0.3, -0.25) is 4.79 Å². The van der Waals surface area contributed by atoms with E-state index < -0.39 is 9.84 Å². The largest absolute Gasteiger partial charge is 0.436 e. The van der Waals surface area contributed by atoms with Crippen molar-refractivity contribution < 1.29 is 17.6 Å². The maximum Gasteiger partial charge on any atom is 0.252 e. The highest BCUT2D eigenvalue weighted by atomic mass is 32.2. The van der Waals surface area contributed by atoms with Gasteiger partial charge in [-0.1, -0.05) is 42.5 Å². The molecule has 2 heterocycles. The van der Waals surface area contributed by atoms with Crippen LogP contribution in [-0.2, 0) is 16.4 Å². The van der Waals surface area contributed by atoms with Crippen LogP contribution in [0, 0.1) is 0 Å². The topological polar surface area (TPSA) is 89.3 Å². The van der Waals surface area contributed by atoms with Crippen LogP contribution in [0.1, 0.15) is 15.2 Å². The Morgan fingerprint density at radius 2 is 1.77 bits per heavy atom. The predicted molar refractivity (Wildman–Crippen MR) is 116 cm³/mol. The van der Waals surface area contributed by atoms with Crippen molar-refractivity contribution in [1.29, 1.82) is 0 Å². The summed E-state index contributed by atoms with van der Waals surface area (Å²) in [4.78, 5) is 17.9. The van der Waals surface area contributed by atoms with Crippen molar-refractivity contribution in [2.45, 2.75) is 10.8 Å². The van der Waals surface area contributed by atoms with E-state index in [0.29, 0.717) is 22.8 Å². The van der Waals surface area contributed by atoms with E-state index >= 15 is 0 Å². The third-order valence-corrected chi connectivity index (χ3v) is 7.30. The van der Waals surface area contributed by atoms with Crippen LogP contribution in [0.25, 0.3) is 22.8 Å². The van der Waals surface area contributed by atoms with Crippen LogP contribution in [-0.4, -0.2) is 25.6 Å². The van der Waals surface area contributed by atoms with Gasteiger partial charge in [-0.15, -0.1) is 11.3 Å². The van der Waals surface area contributed by atoms with Crippen molar-refractivity contribution >= 4 is 27.1 Å². The molecule has 1 N–H and O–H groups in total. The van der Waals surface area contributed by atoms with Gasteiger partial charge < -0.3 is 9.73 Å². The second-order valence-corrected chi connectivity index (χ2v) is 10.0.